The molecule has 3 heteroatoms. The summed E-state index contributed by atoms with van der Waals surface area (Å²) in [7, 11) is 0. The smallest absolute Gasteiger partial charge is 0.226 e. The van der Waals surface area contributed by atoms with Gasteiger partial charge in [0.05, 0.1) is 5.92 Å². The minimum absolute atomic E-state index is 0.160. The fourth-order valence-electron chi connectivity index (χ4n) is 1.89. The highest BCUT2D eigenvalue weighted by Gasteiger charge is 2.45. The molecule has 0 aromatic carbocycles. The van der Waals surface area contributed by atoms with Gasteiger partial charge in [-0.15, -0.1) is 6.42 Å². The molecule has 1 aliphatic carbocycles. The summed E-state index contributed by atoms with van der Waals surface area (Å²) < 4.78 is 0. The summed E-state index contributed by atoms with van der Waals surface area (Å²) in [5, 5.41) is 2.29. The van der Waals surface area contributed by atoms with Crippen molar-refractivity contribution in [2.75, 3.05) is 0 Å². The van der Waals surface area contributed by atoms with Crippen LogP contribution in [0, 0.1) is 30.1 Å². The topological polar surface area (TPSA) is 46.2 Å². The first-order chi connectivity index (χ1) is 6.20. The Bertz CT molecular complexity index is 287. The van der Waals surface area contributed by atoms with E-state index >= 15 is 0 Å². The second kappa shape index (κ2) is 2.88. The molecule has 2 rings (SSSR count). The molecular weight excluding hydrogens is 166 g/mol. The molecule has 1 radical (unpaired) electrons. The number of nitrogens with one attached hydrogen (secondary N) is 1. The Morgan fingerprint density at radius 3 is 2.31 bits per heavy atom. The van der Waals surface area contributed by atoms with E-state index in [0.29, 0.717) is 18.8 Å². The van der Waals surface area contributed by atoms with Crippen molar-refractivity contribution < 1.29 is 9.59 Å². The first-order valence-electron chi connectivity index (χ1n) is 4.35. The van der Waals surface area contributed by atoms with Gasteiger partial charge in [-0.25, -0.2) is 0 Å². The second-order valence-corrected chi connectivity index (χ2v) is 3.62. The van der Waals surface area contributed by atoms with Crippen LogP contribution in [0.2, 0.25) is 0 Å². The minimum Gasteiger partial charge on any atom is -0.296 e. The monoisotopic (exact) mass is 176 g/mol. The lowest BCUT2D eigenvalue weighted by atomic mass is 9.91. The normalized spacial score (nSPS) is 29.6. The third-order valence-electron chi connectivity index (χ3n) is 2.66. The van der Waals surface area contributed by atoms with Gasteiger partial charge in [-0.05, 0) is 18.3 Å². The number of hydrogen-bond acceptors (Lipinski definition) is 2. The number of imide groups is 1. The van der Waals surface area contributed by atoms with Crippen LogP contribution in [0.1, 0.15) is 19.3 Å². The van der Waals surface area contributed by atoms with Gasteiger partial charge in [-0.3, -0.25) is 14.9 Å². The maximum atomic E-state index is 11.0. The quantitative estimate of drug-likeness (QED) is 0.460. The van der Waals surface area contributed by atoms with Crippen LogP contribution in [0.3, 0.4) is 0 Å². The molecule has 0 spiro atoms. The Hall–Kier alpha value is -1.30. The Morgan fingerprint density at radius 1 is 1.23 bits per heavy atom. The van der Waals surface area contributed by atoms with E-state index in [0.717, 1.165) is 12.3 Å². The number of carbonyl (C=O) groups is 2. The molecule has 0 bridgehead atoms. The number of hydrogen-bond donors (Lipinski definition) is 1. The van der Waals surface area contributed by atoms with Gasteiger partial charge in [0.2, 0.25) is 11.8 Å². The zero-order valence-electron chi connectivity index (χ0n) is 7.17. The predicted molar refractivity (Wildman–Crippen MR) is 46.1 cm³/mol. The SMILES string of the molecule is C#C[C]1CC1C1CC(=O)NC(=O)C1. The molecule has 1 saturated carbocycles. The van der Waals surface area contributed by atoms with Crippen LogP contribution in [0.15, 0.2) is 0 Å². The van der Waals surface area contributed by atoms with Crippen molar-refractivity contribution in [3.05, 3.63) is 5.92 Å². The first-order valence-corrected chi connectivity index (χ1v) is 4.35. The van der Waals surface area contributed by atoms with Crippen molar-refractivity contribution in [1.29, 1.82) is 0 Å². The third kappa shape index (κ3) is 1.57. The van der Waals surface area contributed by atoms with E-state index < -0.39 is 0 Å². The molecule has 3 nitrogen and oxygen atoms in total. The van der Waals surface area contributed by atoms with Gasteiger partial charge in [-0.2, -0.15) is 0 Å². The van der Waals surface area contributed by atoms with E-state index in [4.69, 9.17) is 6.42 Å². The molecule has 1 N–H and O–H groups in total. The van der Waals surface area contributed by atoms with Crippen LogP contribution in [0.5, 0.6) is 0 Å². The van der Waals surface area contributed by atoms with Crippen molar-refractivity contribution in [2.45, 2.75) is 19.3 Å². The predicted octanol–water partition coefficient (Wildman–Crippen LogP) is 0.267. The van der Waals surface area contributed by atoms with Crippen LogP contribution in [-0.2, 0) is 9.59 Å². The zero-order valence-corrected chi connectivity index (χ0v) is 7.17. The van der Waals surface area contributed by atoms with Gasteiger partial charge in [0.25, 0.3) is 0 Å². The Labute approximate surface area is 76.9 Å². The van der Waals surface area contributed by atoms with E-state index in [1.165, 1.54) is 0 Å². The van der Waals surface area contributed by atoms with Crippen molar-refractivity contribution >= 4 is 11.8 Å². The van der Waals surface area contributed by atoms with E-state index in [2.05, 4.69) is 11.2 Å². The lowest BCUT2D eigenvalue weighted by molar-refractivity contribution is -0.135. The second-order valence-electron chi connectivity index (χ2n) is 3.62. The standard InChI is InChI=1S/C10H10NO2/c1-2-6-3-8(6)7-4-9(12)11-10(13)5-7/h1,7-8H,3-5H2,(H,11,12,13). The number of amides is 2. The summed E-state index contributed by atoms with van der Waals surface area (Å²) in [5.41, 5.74) is 0. The highest BCUT2D eigenvalue weighted by Crippen LogP contribution is 2.48. The van der Waals surface area contributed by atoms with E-state index in [1.807, 2.05) is 0 Å². The molecule has 67 valence electrons. The first kappa shape index (κ1) is 8.31. The minimum atomic E-state index is -0.162. The number of terminal acetylenes is 1. The van der Waals surface area contributed by atoms with Crippen LogP contribution in [-0.4, -0.2) is 11.8 Å². The molecule has 2 fully saturated rings. The maximum absolute atomic E-state index is 11.0. The largest absolute Gasteiger partial charge is 0.296 e. The summed E-state index contributed by atoms with van der Waals surface area (Å²) in [4.78, 5) is 22.0. The number of carbonyl (C=O) groups excluding carboxylic acids is 2. The van der Waals surface area contributed by atoms with Crippen molar-refractivity contribution in [3.63, 3.8) is 0 Å². The van der Waals surface area contributed by atoms with Gasteiger partial charge < -0.3 is 0 Å². The van der Waals surface area contributed by atoms with Crippen molar-refractivity contribution in [1.82, 2.24) is 5.32 Å². The number of piperidine rings is 1. The average molecular weight is 176 g/mol. The highest BCUT2D eigenvalue weighted by atomic mass is 16.2. The Kier molecular flexibility index (Phi) is 1.84. The Morgan fingerprint density at radius 2 is 1.85 bits per heavy atom. The third-order valence-corrected chi connectivity index (χ3v) is 2.66. The van der Waals surface area contributed by atoms with E-state index in [9.17, 15) is 9.59 Å². The fourth-order valence-corrected chi connectivity index (χ4v) is 1.89. The Balaban J connectivity index is 1.98. The molecule has 13 heavy (non-hydrogen) atoms. The summed E-state index contributed by atoms with van der Waals surface area (Å²) in [6, 6.07) is 0. The van der Waals surface area contributed by atoms with Crippen molar-refractivity contribution in [3.8, 4) is 12.3 Å². The van der Waals surface area contributed by atoms with Gasteiger partial charge >= 0.3 is 0 Å². The molecule has 2 aliphatic rings. The lowest BCUT2D eigenvalue weighted by Gasteiger charge is -2.20. The summed E-state index contributed by atoms with van der Waals surface area (Å²) in [6.07, 6.45) is 7.02. The zero-order chi connectivity index (χ0) is 9.42. The van der Waals surface area contributed by atoms with E-state index in [1.54, 1.807) is 0 Å². The van der Waals surface area contributed by atoms with Crippen LogP contribution < -0.4 is 5.32 Å². The fraction of sp³-hybridized carbons (Fsp3) is 0.500. The highest BCUT2D eigenvalue weighted by molar-refractivity contribution is 5.97. The van der Waals surface area contributed by atoms with Crippen LogP contribution in [0.4, 0.5) is 0 Å². The number of rotatable bonds is 1. The summed E-state index contributed by atoms with van der Waals surface area (Å²) in [6.45, 7) is 0. The molecule has 0 aromatic rings. The molecular formula is C10H10NO2. The van der Waals surface area contributed by atoms with Gasteiger partial charge in [0.15, 0.2) is 0 Å². The van der Waals surface area contributed by atoms with Gasteiger partial charge in [-0.1, -0.05) is 5.92 Å². The molecule has 2 amide bonds. The maximum Gasteiger partial charge on any atom is 0.226 e. The van der Waals surface area contributed by atoms with E-state index in [-0.39, 0.29) is 17.7 Å². The molecule has 1 aliphatic heterocycles. The lowest BCUT2D eigenvalue weighted by Crippen LogP contribution is -2.39. The average Bonchev–Trinajstić information content (AvgIpc) is 2.80. The van der Waals surface area contributed by atoms with Crippen LogP contribution in [0.25, 0.3) is 0 Å². The van der Waals surface area contributed by atoms with Crippen molar-refractivity contribution in [2.24, 2.45) is 11.8 Å². The summed E-state index contributed by atoms with van der Waals surface area (Å²) in [5.74, 6) is 3.82. The van der Waals surface area contributed by atoms with Gasteiger partial charge in [0, 0.05) is 12.8 Å². The van der Waals surface area contributed by atoms with Gasteiger partial charge in [0.1, 0.15) is 0 Å². The molecule has 0 aromatic heterocycles. The molecule has 1 atom stereocenters. The summed E-state index contributed by atoms with van der Waals surface area (Å²) >= 11 is 0. The van der Waals surface area contributed by atoms with Crippen LogP contribution >= 0.6 is 0 Å². The molecule has 1 unspecified atom stereocenters. The molecule has 1 saturated heterocycles. The molecule has 1 heterocycles.